The van der Waals surface area contributed by atoms with Gasteiger partial charge < -0.3 is 9.84 Å². The zero-order chi connectivity index (χ0) is 13.8. The second kappa shape index (κ2) is 5.82. The van der Waals surface area contributed by atoms with Crippen molar-refractivity contribution >= 4 is 17.3 Å². The third kappa shape index (κ3) is 2.75. The number of rotatable bonds is 4. The topological polar surface area (TPSA) is 46.5 Å². The Morgan fingerprint density at radius 2 is 2.11 bits per heavy atom. The van der Waals surface area contributed by atoms with Crippen molar-refractivity contribution in [1.29, 1.82) is 0 Å². The minimum atomic E-state index is -1.07. The van der Waals surface area contributed by atoms with Gasteiger partial charge in [0.15, 0.2) is 0 Å². The van der Waals surface area contributed by atoms with Gasteiger partial charge >= 0.3 is 5.97 Å². The van der Waals surface area contributed by atoms with Gasteiger partial charge in [-0.2, -0.15) is 11.3 Å². The Labute approximate surface area is 115 Å². The van der Waals surface area contributed by atoms with Crippen molar-refractivity contribution in [2.75, 3.05) is 7.11 Å². The van der Waals surface area contributed by atoms with Crippen molar-refractivity contribution in [2.45, 2.75) is 6.10 Å². The highest BCUT2D eigenvalue weighted by atomic mass is 32.1. The lowest BCUT2D eigenvalue weighted by molar-refractivity contribution is -0.137. The smallest absolute Gasteiger partial charge is 0.336 e. The van der Waals surface area contributed by atoms with E-state index < -0.39 is 12.1 Å². The van der Waals surface area contributed by atoms with Gasteiger partial charge in [-0.1, -0.05) is 30.8 Å². The van der Waals surface area contributed by atoms with Crippen LogP contribution in [0.2, 0.25) is 0 Å². The van der Waals surface area contributed by atoms with Crippen LogP contribution < -0.4 is 0 Å². The van der Waals surface area contributed by atoms with Crippen molar-refractivity contribution in [3.8, 4) is 11.1 Å². The fourth-order valence-electron chi connectivity index (χ4n) is 1.85. The molecule has 1 N–H and O–H groups in total. The zero-order valence-electron chi connectivity index (χ0n) is 10.5. The normalized spacial score (nSPS) is 11.9. The van der Waals surface area contributed by atoms with Crippen LogP contribution in [0.3, 0.4) is 0 Å². The number of hydrogen-bond donors (Lipinski definition) is 1. The maximum Gasteiger partial charge on any atom is 0.336 e. The van der Waals surface area contributed by atoms with E-state index in [0.717, 1.165) is 11.1 Å². The first-order valence-corrected chi connectivity index (χ1v) is 6.66. The maximum absolute atomic E-state index is 11.4. The highest BCUT2D eigenvalue weighted by Crippen LogP contribution is 2.32. The summed E-state index contributed by atoms with van der Waals surface area (Å²) in [5.74, 6) is -0.604. The van der Waals surface area contributed by atoms with Gasteiger partial charge in [0.25, 0.3) is 0 Å². The van der Waals surface area contributed by atoms with Gasteiger partial charge in [-0.3, -0.25) is 0 Å². The van der Waals surface area contributed by atoms with E-state index in [9.17, 15) is 9.90 Å². The third-order valence-electron chi connectivity index (χ3n) is 2.87. The predicted molar refractivity (Wildman–Crippen MR) is 75.9 cm³/mol. The molecule has 19 heavy (non-hydrogen) atoms. The van der Waals surface area contributed by atoms with Crippen molar-refractivity contribution in [2.24, 2.45) is 0 Å². The van der Waals surface area contributed by atoms with Crippen LogP contribution in [0.4, 0.5) is 0 Å². The molecule has 0 bridgehead atoms. The standard InChI is InChI=1S/C15H14O3S/c1-10(15(17)18-2)14(16)13-6-4-3-5-12(13)11-7-8-19-9-11/h3-9,14,16H,1H2,2H3. The molecule has 2 aromatic rings. The van der Waals surface area contributed by atoms with Crippen LogP contribution in [0, 0.1) is 0 Å². The molecule has 0 amide bonds. The zero-order valence-corrected chi connectivity index (χ0v) is 11.3. The molecule has 1 aromatic carbocycles. The summed E-state index contributed by atoms with van der Waals surface area (Å²) in [4.78, 5) is 11.4. The largest absolute Gasteiger partial charge is 0.466 e. The number of esters is 1. The van der Waals surface area contributed by atoms with Crippen LogP contribution in [0.15, 0.2) is 53.2 Å². The monoisotopic (exact) mass is 274 g/mol. The summed E-state index contributed by atoms with van der Waals surface area (Å²) in [7, 11) is 1.27. The number of aliphatic hydroxyl groups excluding tert-OH is 1. The van der Waals surface area contributed by atoms with Crippen LogP contribution in [0.5, 0.6) is 0 Å². The van der Waals surface area contributed by atoms with E-state index >= 15 is 0 Å². The lowest BCUT2D eigenvalue weighted by Crippen LogP contribution is -2.12. The fourth-order valence-corrected chi connectivity index (χ4v) is 2.50. The predicted octanol–water partition coefficient (Wildman–Crippen LogP) is 3.18. The summed E-state index contributed by atoms with van der Waals surface area (Å²) in [6.45, 7) is 3.60. The molecule has 98 valence electrons. The first-order chi connectivity index (χ1) is 9.15. The molecule has 3 nitrogen and oxygen atoms in total. The fraction of sp³-hybridized carbons (Fsp3) is 0.133. The molecule has 0 saturated carbocycles. The molecule has 0 radical (unpaired) electrons. The summed E-state index contributed by atoms with van der Waals surface area (Å²) in [5, 5.41) is 14.2. The number of benzene rings is 1. The Morgan fingerprint density at radius 1 is 1.37 bits per heavy atom. The Morgan fingerprint density at radius 3 is 2.74 bits per heavy atom. The highest BCUT2D eigenvalue weighted by Gasteiger charge is 2.21. The minimum absolute atomic E-state index is 0.0326. The summed E-state index contributed by atoms with van der Waals surface area (Å²) >= 11 is 1.58. The lowest BCUT2D eigenvalue weighted by atomic mass is 9.94. The van der Waals surface area contributed by atoms with Crippen LogP contribution >= 0.6 is 11.3 Å². The van der Waals surface area contributed by atoms with Crippen molar-refractivity contribution in [3.63, 3.8) is 0 Å². The maximum atomic E-state index is 11.4. The highest BCUT2D eigenvalue weighted by molar-refractivity contribution is 7.08. The lowest BCUT2D eigenvalue weighted by Gasteiger charge is -2.16. The Bertz CT molecular complexity index is 587. The number of ether oxygens (including phenoxy) is 1. The van der Waals surface area contributed by atoms with Gasteiger partial charge in [-0.05, 0) is 33.5 Å². The number of aliphatic hydroxyl groups is 1. The molecule has 2 rings (SSSR count). The van der Waals surface area contributed by atoms with Gasteiger partial charge in [0.05, 0.1) is 12.7 Å². The molecular formula is C15H14O3S. The van der Waals surface area contributed by atoms with E-state index in [4.69, 9.17) is 0 Å². The van der Waals surface area contributed by atoms with Crippen molar-refractivity contribution in [1.82, 2.24) is 0 Å². The number of carbonyl (C=O) groups is 1. The average molecular weight is 274 g/mol. The van der Waals surface area contributed by atoms with Gasteiger partial charge in [0.2, 0.25) is 0 Å². The Kier molecular flexibility index (Phi) is 4.14. The second-order valence-electron chi connectivity index (χ2n) is 4.02. The molecule has 1 aromatic heterocycles. The van der Waals surface area contributed by atoms with E-state index in [1.54, 1.807) is 17.4 Å². The van der Waals surface area contributed by atoms with Crippen LogP contribution in [0.1, 0.15) is 11.7 Å². The van der Waals surface area contributed by atoms with E-state index in [-0.39, 0.29) is 5.57 Å². The SMILES string of the molecule is C=C(C(=O)OC)C(O)c1ccccc1-c1ccsc1. The van der Waals surface area contributed by atoms with E-state index in [0.29, 0.717) is 5.56 Å². The Hall–Kier alpha value is -1.91. The average Bonchev–Trinajstić information content (AvgIpc) is 2.99. The molecule has 1 unspecified atom stereocenters. The first-order valence-electron chi connectivity index (χ1n) is 5.72. The minimum Gasteiger partial charge on any atom is -0.466 e. The van der Waals surface area contributed by atoms with Gasteiger partial charge in [0.1, 0.15) is 6.10 Å². The molecule has 0 aliphatic carbocycles. The number of methoxy groups -OCH3 is 1. The third-order valence-corrected chi connectivity index (χ3v) is 3.55. The van der Waals surface area contributed by atoms with Crippen LogP contribution in [-0.4, -0.2) is 18.2 Å². The van der Waals surface area contributed by atoms with Crippen molar-refractivity contribution in [3.05, 3.63) is 58.8 Å². The molecule has 4 heteroatoms. The molecule has 1 atom stereocenters. The number of hydrogen-bond acceptors (Lipinski definition) is 4. The summed E-state index contributed by atoms with van der Waals surface area (Å²) in [5.41, 5.74) is 2.58. The van der Waals surface area contributed by atoms with Crippen LogP contribution in [0.25, 0.3) is 11.1 Å². The van der Waals surface area contributed by atoms with Gasteiger partial charge in [-0.15, -0.1) is 0 Å². The van der Waals surface area contributed by atoms with Gasteiger partial charge in [-0.25, -0.2) is 4.79 Å². The first kappa shape index (κ1) is 13.5. The summed E-state index contributed by atoms with van der Waals surface area (Å²) in [6.07, 6.45) is -1.07. The molecule has 0 spiro atoms. The molecule has 1 heterocycles. The quantitative estimate of drug-likeness (QED) is 0.688. The number of carbonyl (C=O) groups excluding carboxylic acids is 1. The molecule has 0 fully saturated rings. The number of thiophene rings is 1. The summed E-state index contributed by atoms with van der Waals surface area (Å²) < 4.78 is 4.59. The van der Waals surface area contributed by atoms with E-state index in [1.807, 2.05) is 35.0 Å². The summed E-state index contributed by atoms with van der Waals surface area (Å²) in [6, 6.07) is 9.37. The second-order valence-corrected chi connectivity index (χ2v) is 4.80. The van der Waals surface area contributed by atoms with Crippen LogP contribution in [-0.2, 0) is 9.53 Å². The molecule has 0 aliphatic rings. The van der Waals surface area contributed by atoms with Crippen molar-refractivity contribution < 1.29 is 14.6 Å². The van der Waals surface area contributed by atoms with Gasteiger partial charge in [0, 0.05) is 0 Å². The van der Waals surface area contributed by atoms with E-state index in [1.165, 1.54) is 7.11 Å². The Balaban J connectivity index is 2.40. The van der Waals surface area contributed by atoms with E-state index in [2.05, 4.69) is 11.3 Å². The molecule has 0 aliphatic heterocycles. The molecular weight excluding hydrogens is 260 g/mol. The molecule has 0 saturated heterocycles.